The Balaban J connectivity index is 1.84. The number of ether oxygens (including phenoxy) is 1. The largest absolute Gasteiger partial charge is 0.422 e. The standard InChI is InChI=1S/C20H16Cl2N2O4S/c1-2-13-5-9-16(10-6-13)28-19(25)18-17(22)11-23-20(24-18)29(26,27)12-14-3-7-15(21)8-4-14/h3-11H,2,12H2,1H3. The normalized spacial score (nSPS) is 11.3. The number of aryl methyl sites for hydroxylation is 1. The highest BCUT2D eigenvalue weighted by Gasteiger charge is 2.24. The lowest BCUT2D eigenvalue weighted by Gasteiger charge is -2.08. The van der Waals surface area contributed by atoms with Gasteiger partial charge in [0.2, 0.25) is 15.0 Å². The van der Waals surface area contributed by atoms with Crippen molar-refractivity contribution in [1.82, 2.24) is 9.97 Å². The van der Waals surface area contributed by atoms with Crippen LogP contribution in [0.4, 0.5) is 0 Å². The topological polar surface area (TPSA) is 86.2 Å². The first kappa shape index (κ1) is 21.2. The van der Waals surface area contributed by atoms with Crippen molar-refractivity contribution < 1.29 is 17.9 Å². The van der Waals surface area contributed by atoms with Gasteiger partial charge >= 0.3 is 5.97 Å². The van der Waals surface area contributed by atoms with E-state index in [4.69, 9.17) is 27.9 Å². The fourth-order valence-electron chi connectivity index (χ4n) is 2.46. The molecular formula is C20H16Cl2N2O4S. The van der Waals surface area contributed by atoms with Gasteiger partial charge in [0.1, 0.15) is 5.75 Å². The van der Waals surface area contributed by atoms with Gasteiger partial charge in [-0.3, -0.25) is 0 Å². The van der Waals surface area contributed by atoms with Crippen LogP contribution in [0.15, 0.2) is 59.9 Å². The molecule has 0 radical (unpaired) electrons. The Hall–Kier alpha value is -2.48. The molecule has 0 aliphatic carbocycles. The number of rotatable bonds is 6. The average molecular weight is 451 g/mol. The predicted molar refractivity (Wildman–Crippen MR) is 110 cm³/mol. The van der Waals surface area contributed by atoms with Crippen molar-refractivity contribution in [3.63, 3.8) is 0 Å². The Morgan fingerprint density at radius 2 is 1.62 bits per heavy atom. The zero-order valence-corrected chi connectivity index (χ0v) is 17.6. The molecular weight excluding hydrogens is 435 g/mol. The number of carbonyl (C=O) groups excluding carboxylic acids is 1. The number of esters is 1. The Labute approximate surface area is 178 Å². The van der Waals surface area contributed by atoms with E-state index in [1.165, 1.54) is 0 Å². The number of benzene rings is 2. The van der Waals surface area contributed by atoms with Crippen LogP contribution in [0.5, 0.6) is 5.75 Å². The van der Waals surface area contributed by atoms with Gasteiger partial charge < -0.3 is 4.74 Å². The van der Waals surface area contributed by atoms with Crippen LogP contribution in [0.2, 0.25) is 10.0 Å². The van der Waals surface area contributed by atoms with E-state index in [0.29, 0.717) is 16.3 Å². The maximum atomic E-state index is 12.6. The fourth-order valence-corrected chi connectivity index (χ4v) is 3.96. The number of nitrogens with zero attached hydrogens (tertiary/aromatic N) is 2. The lowest BCUT2D eigenvalue weighted by atomic mass is 10.2. The second kappa shape index (κ2) is 8.90. The molecule has 0 N–H and O–H groups in total. The first-order valence-corrected chi connectivity index (χ1v) is 11.0. The van der Waals surface area contributed by atoms with Gasteiger partial charge in [0.15, 0.2) is 5.69 Å². The van der Waals surface area contributed by atoms with E-state index in [0.717, 1.165) is 18.2 Å². The van der Waals surface area contributed by atoms with Crippen molar-refractivity contribution in [2.45, 2.75) is 24.3 Å². The Morgan fingerprint density at radius 1 is 1.00 bits per heavy atom. The van der Waals surface area contributed by atoms with Gasteiger partial charge in [-0.2, -0.15) is 0 Å². The molecule has 0 fully saturated rings. The van der Waals surface area contributed by atoms with Crippen LogP contribution >= 0.6 is 23.2 Å². The minimum Gasteiger partial charge on any atom is -0.422 e. The lowest BCUT2D eigenvalue weighted by Crippen LogP contribution is -2.16. The molecule has 0 aliphatic heterocycles. The summed E-state index contributed by atoms with van der Waals surface area (Å²) >= 11 is 11.8. The van der Waals surface area contributed by atoms with Crippen LogP contribution in [-0.2, 0) is 22.0 Å². The lowest BCUT2D eigenvalue weighted by molar-refractivity contribution is 0.0727. The van der Waals surface area contributed by atoms with E-state index < -0.39 is 21.0 Å². The third-order valence-electron chi connectivity index (χ3n) is 4.01. The molecule has 2 aromatic carbocycles. The van der Waals surface area contributed by atoms with Gasteiger partial charge in [0.05, 0.1) is 17.0 Å². The summed E-state index contributed by atoms with van der Waals surface area (Å²) in [5, 5.41) is -0.123. The summed E-state index contributed by atoms with van der Waals surface area (Å²) in [6, 6.07) is 13.3. The van der Waals surface area contributed by atoms with Gasteiger partial charge in [0.25, 0.3) is 0 Å². The first-order chi connectivity index (χ1) is 13.8. The zero-order valence-electron chi connectivity index (χ0n) is 15.3. The molecule has 0 spiro atoms. The summed E-state index contributed by atoms with van der Waals surface area (Å²) in [7, 11) is -3.91. The molecule has 0 saturated carbocycles. The van der Waals surface area contributed by atoms with Crippen molar-refractivity contribution in [2.75, 3.05) is 0 Å². The van der Waals surface area contributed by atoms with Crippen LogP contribution in [0.1, 0.15) is 28.5 Å². The summed E-state index contributed by atoms with van der Waals surface area (Å²) in [6.07, 6.45) is 1.92. The molecule has 3 aromatic rings. The van der Waals surface area contributed by atoms with Gasteiger partial charge in [-0.15, -0.1) is 0 Å². The molecule has 29 heavy (non-hydrogen) atoms. The molecule has 3 rings (SSSR count). The van der Waals surface area contributed by atoms with Gasteiger partial charge in [-0.1, -0.05) is 54.4 Å². The number of aromatic nitrogens is 2. The number of carbonyl (C=O) groups is 1. The quantitative estimate of drug-likeness (QED) is 0.311. The second-order valence-electron chi connectivity index (χ2n) is 6.12. The minimum atomic E-state index is -3.91. The van der Waals surface area contributed by atoms with Crippen molar-refractivity contribution in [3.8, 4) is 5.75 Å². The van der Waals surface area contributed by atoms with Crippen LogP contribution in [0, 0.1) is 0 Å². The molecule has 0 bridgehead atoms. The van der Waals surface area contributed by atoms with Crippen LogP contribution < -0.4 is 4.74 Å². The number of sulfone groups is 1. The van der Waals surface area contributed by atoms with Gasteiger partial charge in [-0.05, 0) is 41.8 Å². The Morgan fingerprint density at radius 3 is 2.24 bits per heavy atom. The van der Waals surface area contributed by atoms with E-state index in [1.807, 2.05) is 19.1 Å². The minimum absolute atomic E-state index is 0.106. The van der Waals surface area contributed by atoms with Crippen molar-refractivity contribution in [2.24, 2.45) is 0 Å². The third-order valence-corrected chi connectivity index (χ3v) is 6.00. The molecule has 6 nitrogen and oxygen atoms in total. The molecule has 0 unspecified atom stereocenters. The van der Waals surface area contributed by atoms with Crippen LogP contribution in [0.3, 0.4) is 0 Å². The fraction of sp³-hybridized carbons (Fsp3) is 0.150. The third kappa shape index (κ3) is 5.32. The van der Waals surface area contributed by atoms with E-state index in [2.05, 4.69) is 9.97 Å². The predicted octanol–water partition coefficient (Wildman–Crippen LogP) is 4.54. The SMILES string of the molecule is CCc1ccc(OC(=O)c2nc(S(=O)(=O)Cc3ccc(Cl)cc3)ncc2Cl)cc1. The van der Waals surface area contributed by atoms with Crippen molar-refractivity contribution in [1.29, 1.82) is 0 Å². The summed E-state index contributed by atoms with van der Waals surface area (Å²) in [4.78, 5) is 20.1. The van der Waals surface area contributed by atoms with E-state index in [1.54, 1.807) is 36.4 Å². The van der Waals surface area contributed by atoms with Crippen molar-refractivity contribution in [3.05, 3.63) is 81.6 Å². The average Bonchev–Trinajstić information content (AvgIpc) is 2.70. The van der Waals surface area contributed by atoms with E-state index in [9.17, 15) is 13.2 Å². The number of halogens is 2. The monoisotopic (exact) mass is 450 g/mol. The highest BCUT2D eigenvalue weighted by atomic mass is 35.5. The first-order valence-electron chi connectivity index (χ1n) is 8.59. The van der Waals surface area contributed by atoms with Gasteiger partial charge in [0, 0.05) is 5.02 Å². The second-order valence-corrected chi connectivity index (χ2v) is 8.85. The Kier molecular flexibility index (Phi) is 6.52. The molecule has 0 aliphatic rings. The van der Waals surface area contributed by atoms with E-state index in [-0.39, 0.29) is 16.5 Å². The number of hydrogen-bond donors (Lipinski definition) is 0. The molecule has 150 valence electrons. The zero-order chi connectivity index (χ0) is 21.0. The summed E-state index contributed by atoms with van der Waals surface area (Å²) in [5.41, 5.74) is 1.27. The Bertz CT molecular complexity index is 1130. The smallest absolute Gasteiger partial charge is 0.364 e. The molecule has 9 heteroatoms. The summed E-state index contributed by atoms with van der Waals surface area (Å²) < 4.78 is 30.6. The highest BCUT2D eigenvalue weighted by molar-refractivity contribution is 7.90. The van der Waals surface area contributed by atoms with E-state index >= 15 is 0 Å². The maximum Gasteiger partial charge on any atom is 0.364 e. The molecule has 0 saturated heterocycles. The molecule has 0 atom stereocenters. The highest BCUT2D eigenvalue weighted by Crippen LogP contribution is 2.21. The molecule has 0 amide bonds. The van der Waals surface area contributed by atoms with Gasteiger partial charge in [-0.25, -0.2) is 23.2 Å². The van der Waals surface area contributed by atoms with Crippen LogP contribution in [-0.4, -0.2) is 24.4 Å². The molecule has 1 heterocycles. The van der Waals surface area contributed by atoms with Crippen molar-refractivity contribution >= 4 is 39.0 Å². The summed E-state index contributed by atoms with van der Waals surface area (Å²) in [6.45, 7) is 2.01. The maximum absolute atomic E-state index is 12.6. The summed E-state index contributed by atoms with van der Waals surface area (Å²) in [5.74, 6) is -0.921. The van der Waals surface area contributed by atoms with Crippen LogP contribution in [0.25, 0.3) is 0 Å². The number of hydrogen-bond acceptors (Lipinski definition) is 6. The molecule has 1 aromatic heterocycles.